The van der Waals surface area contributed by atoms with E-state index in [9.17, 15) is 29.4 Å². The van der Waals surface area contributed by atoms with E-state index in [0.717, 1.165) is 0 Å². The summed E-state index contributed by atoms with van der Waals surface area (Å²) in [5.74, 6) is -3.88. The Hall–Kier alpha value is -2.62. The molecule has 0 aliphatic rings. The largest absolute Gasteiger partial charge is 0.480 e. The number of carbonyl (C=O) groups excluding carboxylic acids is 3. The zero-order valence-corrected chi connectivity index (χ0v) is 20.2. The predicted octanol–water partition coefficient (Wildman–Crippen LogP) is -3.65. The first kappa shape index (κ1) is 31.4. The van der Waals surface area contributed by atoms with Gasteiger partial charge in [-0.25, -0.2) is 4.79 Å². The Morgan fingerprint density at radius 3 is 2.06 bits per heavy atom. The van der Waals surface area contributed by atoms with Crippen molar-refractivity contribution in [1.29, 1.82) is 0 Å². The molecule has 0 fully saturated rings. The molecule has 34 heavy (non-hydrogen) atoms. The summed E-state index contributed by atoms with van der Waals surface area (Å²) in [6.45, 7) is 1.93. The van der Waals surface area contributed by atoms with Crippen LogP contribution in [0.2, 0.25) is 0 Å². The molecule has 5 unspecified atom stereocenters. The maximum Gasteiger partial charge on any atom is 0.326 e. The number of hydrogen-bond acceptors (Lipinski definition) is 9. The van der Waals surface area contributed by atoms with Crippen molar-refractivity contribution in [2.75, 3.05) is 18.8 Å². The molecule has 196 valence electrons. The molecular weight excluding hydrogens is 468 g/mol. The highest BCUT2D eigenvalue weighted by Gasteiger charge is 2.31. The highest BCUT2D eigenvalue weighted by Crippen LogP contribution is 2.03. The third-order valence-corrected chi connectivity index (χ3v) is 5.11. The Morgan fingerprint density at radius 2 is 1.56 bits per heavy atom. The summed E-state index contributed by atoms with van der Waals surface area (Å²) in [7, 11) is 0. The Morgan fingerprint density at radius 1 is 0.941 bits per heavy atom. The topological polar surface area (TPSA) is 261 Å². The molecule has 0 saturated heterocycles. The fourth-order valence-corrected chi connectivity index (χ4v) is 3.05. The van der Waals surface area contributed by atoms with Crippen LogP contribution in [0.1, 0.15) is 39.0 Å². The summed E-state index contributed by atoms with van der Waals surface area (Å²) in [4.78, 5) is 52.7. The Bertz CT molecular complexity index is 704. The number of rotatable bonds is 17. The Balaban J connectivity index is 5.05. The van der Waals surface area contributed by atoms with Gasteiger partial charge in [-0.05, 0) is 39.2 Å². The second-order valence-electron chi connectivity index (χ2n) is 7.71. The lowest BCUT2D eigenvalue weighted by atomic mass is 10.1. The molecule has 0 aromatic carbocycles. The number of aliphatic carboxylic acids is 1. The van der Waals surface area contributed by atoms with E-state index < -0.39 is 54.0 Å². The molecule has 0 aromatic rings. The normalized spacial score (nSPS) is 15.2. The number of aliphatic imine (C=N–C) groups is 1. The van der Waals surface area contributed by atoms with Crippen LogP contribution in [-0.2, 0) is 19.2 Å². The number of unbranched alkanes of at least 4 members (excludes halogenated alkanes) is 1. The van der Waals surface area contributed by atoms with Crippen molar-refractivity contribution in [2.45, 2.75) is 69.3 Å². The average Bonchev–Trinajstić information content (AvgIpc) is 2.76. The molecule has 0 rings (SSSR count). The number of carboxylic acid groups (broad SMARTS) is 1. The fraction of sp³-hybridized carbons (Fsp3) is 0.737. The molecule has 0 spiro atoms. The maximum atomic E-state index is 12.7. The van der Waals surface area contributed by atoms with Gasteiger partial charge in [0.25, 0.3) is 0 Å². The van der Waals surface area contributed by atoms with Gasteiger partial charge in [0.2, 0.25) is 17.7 Å². The van der Waals surface area contributed by atoms with Gasteiger partial charge in [0.05, 0.1) is 12.1 Å². The summed E-state index contributed by atoms with van der Waals surface area (Å²) >= 11 is 4.03. The van der Waals surface area contributed by atoms with Crippen LogP contribution in [0.25, 0.3) is 0 Å². The van der Waals surface area contributed by atoms with Gasteiger partial charge in [-0.3, -0.25) is 19.4 Å². The third kappa shape index (κ3) is 12.6. The number of carbonyl (C=O) groups is 4. The quantitative estimate of drug-likeness (QED) is 0.0400. The van der Waals surface area contributed by atoms with Crippen molar-refractivity contribution in [3.8, 4) is 0 Å². The molecule has 0 bridgehead atoms. The van der Waals surface area contributed by atoms with Crippen LogP contribution in [0.3, 0.4) is 0 Å². The van der Waals surface area contributed by atoms with Gasteiger partial charge >= 0.3 is 5.97 Å². The first-order valence-electron chi connectivity index (χ1n) is 10.9. The van der Waals surface area contributed by atoms with Crippen LogP contribution in [-0.4, -0.2) is 89.0 Å². The van der Waals surface area contributed by atoms with Crippen LogP contribution >= 0.6 is 12.6 Å². The van der Waals surface area contributed by atoms with Crippen molar-refractivity contribution in [3.63, 3.8) is 0 Å². The number of nitrogens with one attached hydrogen (secondary N) is 3. The molecule has 0 radical (unpaired) electrons. The minimum atomic E-state index is -1.39. The van der Waals surface area contributed by atoms with Gasteiger partial charge in [-0.1, -0.05) is 6.42 Å². The lowest BCUT2D eigenvalue weighted by Gasteiger charge is -2.25. The van der Waals surface area contributed by atoms with E-state index in [1.807, 2.05) is 0 Å². The first-order valence-corrected chi connectivity index (χ1v) is 11.5. The van der Waals surface area contributed by atoms with E-state index in [1.165, 1.54) is 6.92 Å². The number of nitrogens with two attached hydrogens (primary N) is 4. The summed E-state index contributed by atoms with van der Waals surface area (Å²) in [6, 6.07) is -4.77. The molecule has 5 atom stereocenters. The zero-order chi connectivity index (χ0) is 26.3. The lowest BCUT2D eigenvalue weighted by molar-refractivity contribution is -0.142. The molecule has 0 aromatic heterocycles. The molecule has 0 aliphatic carbocycles. The minimum absolute atomic E-state index is 0.0412. The van der Waals surface area contributed by atoms with Gasteiger partial charge in [0.15, 0.2) is 5.96 Å². The summed E-state index contributed by atoms with van der Waals surface area (Å²) < 4.78 is 0. The van der Waals surface area contributed by atoms with E-state index in [0.29, 0.717) is 25.8 Å². The van der Waals surface area contributed by atoms with Crippen LogP contribution in [0.5, 0.6) is 0 Å². The standard InChI is InChI=1S/C19H38N8O6S/c1-10(28)14(27-15(29)11(21)5-2-3-7-20)17(31)26-13(9-34)16(30)25-12(18(32)33)6-4-8-24-19(22)23/h10-14,28,34H,2-9,20-21H2,1H3,(H,25,30)(H,26,31)(H,27,29)(H,32,33)(H4,22,23,24). The van der Waals surface area contributed by atoms with Gasteiger partial charge < -0.3 is 49.1 Å². The summed E-state index contributed by atoms with van der Waals surface area (Å²) in [5.41, 5.74) is 21.6. The lowest BCUT2D eigenvalue weighted by Crippen LogP contribution is -2.60. The number of amides is 3. The molecule has 0 heterocycles. The van der Waals surface area contributed by atoms with E-state index in [4.69, 9.17) is 22.9 Å². The van der Waals surface area contributed by atoms with Crippen LogP contribution in [0.4, 0.5) is 0 Å². The van der Waals surface area contributed by atoms with Crippen LogP contribution in [0, 0.1) is 0 Å². The van der Waals surface area contributed by atoms with Gasteiger partial charge in [0, 0.05) is 12.3 Å². The van der Waals surface area contributed by atoms with Crippen LogP contribution in [0.15, 0.2) is 4.99 Å². The average molecular weight is 507 g/mol. The molecule has 13 N–H and O–H groups in total. The van der Waals surface area contributed by atoms with E-state index in [-0.39, 0.29) is 31.1 Å². The molecular formula is C19H38N8O6S. The number of thiol groups is 1. The monoisotopic (exact) mass is 506 g/mol. The predicted molar refractivity (Wildman–Crippen MR) is 130 cm³/mol. The molecule has 3 amide bonds. The maximum absolute atomic E-state index is 12.7. The number of carboxylic acids is 1. The first-order chi connectivity index (χ1) is 15.9. The van der Waals surface area contributed by atoms with Gasteiger partial charge in [-0.2, -0.15) is 12.6 Å². The number of aliphatic hydroxyl groups excluding tert-OH is 1. The van der Waals surface area contributed by atoms with Crippen molar-refractivity contribution in [2.24, 2.45) is 27.9 Å². The SMILES string of the molecule is CC(O)C(NC(=O)C(N)CCCCN)C(=O)NC(CS)C(=O)NC(CCCN=C(N)N)C(=O)O. The fourth-order valence-electron chi connectivity index (χ4n) is 2.79. The smallest absolute Gasteiger partial charge is 0.326 e. The number of hydrogen-bond donors (Lipinski definition) is 10. The summed E-state index contributed by atoms with van der Waals surface area (Å²) in [6.07, 6.45) is 0.680. The second kappa shape index (κ2) is 16.9. The highest BCUT2D eigenvalue weighted by atomic mass is 32.1. The minimum Gasteiger partial charge on any atom is -0.480 e. The Labute approximate surface area is 204 Å². The molecule has 15 heteroatoms. The van der Waals surface area contributed by atoms with Crippen molar-refractivity contribution in [1.82, 2.24) is 16.0 Å². The van der Waals surface area contributed by atoms with Crippen molar-refractivity contribution < 1.29 is 29.4 Å². The van der Waals surface area contributed by atoms with Crippen molar-refractivity contribution >= 4 is 42.3 Å². The second-order valence-corrected chi connectivity index (χ2v) is 8.07. The summed E-state index contributed by atoms with van der Waals surface area (Å²) in [5, 5.41) is 26.4. The third-order valence-electron chi connectivity index (χ3n) is 4.74. The highest BCUT2D eigenvalue weighted by molar-refractivity contribution is 7.80. The Kier molecular flexibility index (Phi) is 15.6. The van der Waals surface area contributed by atoms with Crippen LogP contribution < -0.4 is 38.9 Å². The van der Waals surface area contributed by atoms with Crippen molar-refractivity contribution in [3.05, 3.63) is 0 Å². The van der Waals surface area contributed by atoms with E-state index in [1.54, 1.807) is 0 Å². The van der Waals surface area contributed by atoms with E-state index >= 15 is 0 Å². The zero-order valence-electron chi connectivity index (χ0n) is 19.3. The number of nitrogens with zero attached hydrogens (tertiary/aromatic N) is 1. The molecule has 0 saturated carbocycles. The number of guanidine groups is 1. The number of aliphatic hydroxyl groups is 1. The molecule has 14 nitrogen and oxygen atoms in total. The molecule has 0 aliphatic heterocycles. The van der Waals surface area contributed by atoms with Gasteiger partial charge in [-0.15, -0.1) is 0 Å². The van der Waals surface area contributed by atoms with E-state index in [2.05, 4.69) is 33.6 Å². The van der Waals surface area contributed by atoms with Gasteiger partial charge in [0.1, 0.15) is 18.1 Å².